The number of fused-ring (bicyclic) bond motifs is 2. The summed E-state index contributed by atoms with van der Waals surface area (Å²) in [5.41, 5.74) is 4.01. The van der Waals surface area contributed by atoms with Gasteiger partial charge in [0, 0.05) is 12.7 Å². The van der Waals surface area contributed by atoms with E-state index in [9.17, 15) is 5.11 Å². The van der Waals surface area contributed by atoms with Crippen molar-refractivity contribution in [3.63, 3.8) is 0 Å². The van der Waals surface area contributed by atoms with Crippen LogP contribution in [0.3, 0.4) is 0 Å². The van der Waals surface area contributed by atoms with Crippen LogP contribution in [0.2, 0.25) is 0 Å². The molecule has 1 aromatic carbocycles. The lowest BCUT2D eigenvalue weighted by Gasteiger charge is -2.27. The fraction of sp³-hybridized carbons (Fsp3) is 0.350. The van der Waals surface area contributed by atoms with E-state index in [0.29, 0.717) is 0 Å². The zero-order chi connectivity index (χ0) is 18.2. The maximum Gasteiger partial charge on any atom is 0.184 e. The van der Waals surface area contributed by atoms with Crippen molar-refractivity contribution < 1.29 is 5.11 Å². The van der Waals surface area contributed by atoms with Crippen LogP contribution in [-0.2, 0) is 6.54 Å². The molecule has 27 heavy (non-hydrogen) atoms. The second-order valence-corrected chi connectivity index (χ2v) is 8.17. The monoisotopic (exact) mass is 379 g/mol. The first-order valence-electron chi connectivity index (χ1n) is 9.36. The lowest BCUT2D eigenvalue weighted by molar-refractivity contribution is 0.116. The first kappa shape index (κ1) is 16.6. The molecule has 0 amide bonds. The summed E-state index contributed by atoms with van der Waals surface area (Å²) in [6.07, 6.45) is 7.49. The Bertz CT molecular complexity index is 1090. The average Bonchev–Trinajstić information content (AvgIpc) is 3.27. The number of imidazole rings is 1. The minimum atomic E-state index is -0.274. The number of aliphatic hydroxyl groups excluding tert-OH is 1. The van der Waals surface area contributed by atoms with Gasteiger partial charge in [0.25, 0.3) is 0 Å². The quantitative estimate of drug-likeness (QED) is 0.564. The van der Waals surface area contributed by atoms with E-state index in [4.69, 9.17) is 4.98 Å². The van der Waals surface area contributed by atoms with Gasteiger partial charge < -0.3 is 15.0 Å². The number of hydrogen-bond donors (Lipinski definition) is 2. The zero-order valence-corrected chi connectivity index (χ0v) is 15.7. The summed E-state index contributed by atoms with van der Waals surface area (Å²) in [4.78, 5) is 13.3. The Balaban J connectivity index is 1.39. The van der Waals surface area contributed by atoms with Gasteiger partial charge >= 0.3 is 0 Å². The van der Waals surface area contributed by atoms with Gasteiger partial charge in [-0.3, -0.25) is 0 Å². The van der Waals surface area contributed by atoms with Crippen molar-refractivity contribution in [2.45, 2.75) is 44.4 Å². The van der Waals surface area contributed by atoms with Gasteiger partial charge in [0.1, 0.15) is 0 Å². The predicted octanol–water partition coefficient (Wildman–Crippen LogP) is 3.80. The summed E-state index contributed by atoms with van der Waals surface area (Å²) in [6.45, 7) is 0.750. The van der Waals surface area contributed by atoms with Gasteiger partial charge in [-0.15, -0.1) is 0 Å². The Morgan fingerprint density at radius 3 is 3.04 bits per heavy atom. The highest BCUT2D eigenvalue weighted by Crippen LogP contribution is 2.30. The molecule has 0 radical (unpaired) electrons. The predicted molar refractivity (Wildman–Crippen MR) is 108 cm³/mol. The molecular formula is C20H21N5OS. The largest absolute Gasteiger partial charge is 0.391 e. The number of aliphatic hydroxyl groups is 1. The topological polar surface area (TPSA) is 75.9 Å². The summed E-state index contributed by atoms with van der Waals surface area (Å²) in [5.74, 6) is 0. The highest BCUT2D eigenvalue weighted by atomic mass is 32.1. The lowest BCUT2D eigenvalue weighted by Crippen LogP contribution is -2.36. The van der Waals surface area contributed by atoms with Crippen LogP contribution >= 0.6 is 11.3 Å². The van der Waals surface area contributed by atoms with E-state index in [2.05, 4.69) is 38.1 Å². The van der Waals surface area contributed by atoms with E-state index in [1.54, 1.807) is 17.5 Å². The molecule has 3 heterocycles. The van der Waals surface area contributed by atoms with Crippen LogP contribution < -0.4 is 5.32 Å². The van der Waals surface area contributed by atoms with Gasteiger partial charge in [0.15, 0.2) is 10.8 Å². The minimum absolute atomic E-state index is 0.114. The number of nitrogens with zero attached hydrogens (tertiary/aromatic N) is 4. The smallest absolute Gasteiger partial charge is 0.184 e. The summed E-state index contributed by atoms with van der Waals surface area (Å²) < 4.78 is 3.27. The van der Waals surface area contributed by atoms with Crippen LogP contribution in [0.4, 0.5) is 5.13 Å². The molecule has 4 aromatic rings. The van der Waals surface area contributed by atoms with Gasteiger partial charge in [-0.2, -0.15) is 0 Å². The fourth-order valence-corrected chi connectivity index (χ4v) is 4.78. The third-order valence-corrected chi connectivity index (χ3v) is 6.19. The van der Waals surface area contributed by atoms with Crippen LogP contribution in [-0.4, -0.2) is 36.8 Å². The van der Waals surface area contributed by atoms with Gasteiger partial charge in [0.2, 0.25) is 0 Å². The Hall–Kier alpha value is -2.51. The number of benzene rings is 1. The SMILES string of the molecule is O[C@H]1CCCC[C@H]1Nc1nc2ccc(Cn3cnc4ncccc43)cc2s1. The van der Waals surface area contributed by atoms with Crippen LogP contribution in [0.5, 0.6) is 0 Å². The highest BCUT2D eigenvalue weighted by Gasteiger charge is 2.23. The maximum absolute atomic E-state index is 10.2. The zero-order valence-electron chi connectivity index (χ0n) is 14.9. The van der Waals surface area contributed by atoms with E-state index in [-0.39, 0.29) is 12.1 Å². The standard InChI is InChI=1S/C20H21N5OS/c26-17-6-2-1-4-14(17)23-20-24-15-8-7-13(10-18(15)27-20)11-25-12-22-19-16(25)5-3-9-21-19/h3,5,7-10,12,14,17,26H,1-2,4,6,11H2,(H,23,24)/t14-,17+/m1/s1. The summed E-state index contributed by atoms with van der Waals surface area (Å²) >= 11 is 1.65. The molecule has 2 atom stereocenters. The lowest BCUT2D eigenvalue weighted by atomic mass is 9.93. The molecule has 0 spiro atoms. The van der Waals surface area contributed by atoms with Crippen LogP contribution in [0, 0.1) is 0 Å². The second-order valence-electron chi connectivity index (χ2n) is 7.14. The van der Waals surface area contributed by atoms with E-state index < -0.39 is 0 Å². The number of anilines is 1. The molecule has 7 heteroatoms. The molecule has 2 N–H and O–H groups in total. The van der Waals surface area contributed by atoms with Crippen molar-refractivity contribution in [2.24, 2.45) is 0 Å². The third-order valence-electron chi connectivity index (χ3n) is 5.24. The first-order chi connectivity index (χ1) is 13.3. The Labute approximate surface area is 160 Å². The van der Waals surface area contributed by atoms with Crippen LogP contribution in [0.15, 0.2) is 42.9 Å². The number of nitrogens with one attached hydrogen (secondary N) is 1. The van der Waals surface area contributed by atoms with Crippen molar-refractivity contribution in [3.05, 3.63) is 48.4 Å². The molecule has 0 aliphatic heterocycles. The molecule has 1 aliphatic carbocycles. The number of hydrogen-bond acceptors (Lipinski definition) is 6. The van der Waals surface area contributed by atoms with Gasteiger partial charge in [0.05, 0.1) is 34.2 Å². The second kappa shape index (κ2) is 6.90. The molecular weight excluding hydrogens is 358 g/mol. The Kier molecular flexibility index (Phi) is 4.26. The molecule has 138 valence electrons. The normalized spacial score (nSPS) is 20.3. The fourth-order valence-electron chi connectivity index (χ4n) is 3.79. The van der Waals surface area contributed by atoms with Gasteiger partial charge in [-0.1, -0.05) is 30.2 Å². The van der Waals surface area contributed by atoms with Gasteiger partial charge in [-0.05, 0) is 42.7 Å². The van der Waals surface area contributed by atoms with Crippen molar-refractivity contribution >= 4 is 37.8 Å². The first-order valence-corrected chi connectivity index (χ1v) is 10.2. The molecule has 1 fully saturated rings. The number of thiazole rings is 1. The average molecular weight is 379 g/mol. The van der Waals surface area contributed by atoms with E-state index in [0.717, 1.165) is 58.7 Å². The Morgan fingerprint density at radius 1 is 1.19 bits per heavy atom. The molecule has 1 saturated carbocycles. The van der Waals surface area contributed by atoms with E-state index >= 15 is 0 Å². The third kappa shape index (κ3) is 3.28. The summed E-state index contributed by atoms with van der Waals surface area (Å²) in [7, 11) is 0. The molecule has 1 aliphatic rings. The number of pyridine rings is 1. The molecule has 5 rings (SSSR count). The Morgan fingerprint density at radius 2 is 2.11 bits per heavy atom. The van der Waals surface area contributed by atoms with E-state index in [1.165, 1.54) is 5.56 Å². The minimum Gasteiger partial charge on any atom is -0.391 e. The summed E-state index contributed by atoms with van der Waals surface area (Å²) in [6, 6.07) is 10.5. The number of rotatable bonds is 4. The molecule has 6 nitrogen and oxygen atoms in total. The molecule has 3 aromatic heterocycles. The van der Waals surface area contributed by atoms with Crippen molar-refractivity contribution in [1.29, 1.82) is 0 Å². The number of aromatic nitrogens is 4. The van der Waals surface area contributed by atoms with Crippen molar-refractivity contribution in [3.8, 4) is 0 Å². The van der Waals surface area contributed by atoms with Crippen LogP contribution in [0.1, 0.15) is 31.2 Å². The highest BCUT2D eigenvalue weighted by molar-refractivity contribution is 7.22. The van der Waals surface area contributed by atoms with Crippen molar-refractivity contribution in [2.75, 3.05) is 5.32 Å². The molecule has 0 saturated heterocycles. The van der Waals surface area contributed by atoms with E-state index in [1.807, 2.05) is 18.5 Å². The molecule has 0 unspecified atom stereocenters. The van der Waals surface area contributed by atoms with Crippen molar-refractivity contribution in [1.82, 2.24) is 19.5 Å². The van der Waals surface area contributed by atoms with Crippen LogP contribution in [0.25, 0.3) is 21.4 Å². The molecule has 0 bridgehead atoms. The maximum atomic E-state index is 10.2. The van der Waals surface area contributed by atoms with Gasteiger partial charge in [-0.25, -0.2) is 15.0 Å². The summed E-state index contributed by atoms with van der Waals surface area (Å²) in [5, 5.41) is 14.5.